The first-order valence-corrected chi connectivity index (χ1v) is 10.8. The zero-order valence-corrected chi connectivity index (χ0v) is 18.8. The molecular weight excluding hydrogens is 430 g/mol. The summed E-state index contributed by atoms with van der Waals surface area (Å²) in [6.45, 7) is 1.90. The zero-order chi connectivity index (χ0) is 24.1. The predicted octanol–water partition coefficient (Wildman–Crippen LogP) is 4.54. The Labute approximate surface area is 196 Å². The van der Waals surface area contributed by atoms with Gasteiger partial charge in [-0.3, -0.25) is 9.59 Å². The van der Waals surface area contributed by atoms with Gasteiger partial charge in [-0.25, -0.2) is 9.48 Å². The van der Waals surface area contributed by atoms with E-state index in [4.69, 9.17) is 4.74 Å². The van der Waals surface area contributed by atoms with Gasteiger partial charge in [0.05, 0.1) is 23.6 Å². The van der Waals surface area contributed by atoms with E-state index in [1.54, 1.807) is 31.2 Å². The first-order chi connectivity index (χ1) is 16.5. The number of hydrogen-bond donors (Lipinski definition) is 1. The molecule has 0 aliphatic heterocycles. The number of carbonyl (C=O) groups excluding carboxylic acids is 2. The number of para-hydroxylation sites is 1. The van der Waals surface area contributed by atoms with E-state index in [1.807, 2.05) is 60.7 Å². The van der Waals surface area contributed by atoms with Crippen LogP contribution in [0.1, 0.15) is 27.6 Å². The molecule has 0 aliphatic carbocycles. The van der Waals surface area contributed by atoms with Gasteiger partial charge in [0.2, 0.25) is 0 Å². The van der Waals surface area contributed by atoms with Gasteiger partial charge in [0.15, 0.2) is 0 Å². The molecule has 1 amide bonds. The average Bonchev–Trinajstić information content (AvgIpc) is 2.86. The number of nitrogens with one attached hydrogen (secondary N) is 1. The average molecular weight is 453 g/mol. The number of aromatic nitrogens is 2. The van der Waals surface area contributed by atoms with Crippen molar-refractivity contribution in [2.75, 3.05) is 11.9 Å². The number of aryl methyl sites for hydroxylation is 1. The van der Waals surface area contributed by atoms with Crippen molar-refractivity contribution in [1.29, 1.82) is 0 Å². The minimum absolute atomic E-state index is 0.0683. The molecule has 7 nitrogen and oxygen atoms in total. The third-order valence-electron chi connectivity index (χ3n) is 5.25. The van der Waals surface area contributed by atoms with Crippen LogP contribution in [0.3, 0.4) is 0 Å². The molecular formula is C27H23N3O4. The van der Waals surface area contributed by atoms with Crippen LogP contribution in [0.15, 0.2) is 89.7 Å². The van der Waals surface area contributed by atoms with Gasteiger partial charge in [-0.1, -0.05) is 72.8 Å². The molecule has 0 radical (unpaired) electrons. The van der Waals surface area contributed by atoms with E-state index in [2.05, 4.69) is 10.4 Å². The highest BCUT2D eigenvalue weighted by Crippen LogP contribution is 2.32. The van der Waals surface area contributed by atoms with E-state index in [9.17, 15) is 14.4 Å². The van der Waals surface area contributed by atoms with Crippen LogP contribution in [0.2, 0.25) is 0 Å². The molecule has 0 unspecified atom stereocenters. The van der Waals surface area contributed by atoms with E-state index >= 15 is 0 Å². The summed E-state index contributed by atoms with van der Waals surface area (Å²) in [6.07, 6.45) is 0. The smallest absolute Gasteiger partial charge is 0.340 e. The normalized spacial score (nSPS) is 10.5. The van der Waals surface area contributed by atoms with Crippen molar-refractivity contribution in [2.24, 2.45) is 7.05 Å². The largest absolute Gasteiger partial charge is 0.462 e. The number of nitrogens with zero attached hydrogens (tertiary/aromatic N) is 2. The van der Waals surface area contributed by atoms with Crippen LogP contribution < -0.4 is 10.9 Å². The molecule has 0 saturated carbocycles. The van der Waals surface area contributed by atoms with Crippen molar-refractivity contribution in [3.63, 3.8) is 0 Å². The van der Waals surface area contributed by atoms with Crippen LogP contribution in [0.25, 0.3) is 22.4 Å². The molecule has 3 aromatic carbocycles. The third kappa shape index (κ3) is 4.49. The number of benzene rings is 3. The Bertz CT molecular complexity index is 1400. The van der Waals surface area contributed by atoms with Gasteiger partial charge >= 0.3 is 5.97 Å². The van der Waals surface area contributed by atoms with Crippen molar-refractivity contribution in [3.05, 3.63) is 106 Å². The zero-order valence-electron chi connectivity index (χ0n) is 18.8. The quantitative estimate of drug-likeness (QED) is 0.433. The van der Waals surface area contributed by atoms with E-state index in [-0.39, 0.29) is 23.4 Å². The van der Waals surface area contributed by atoms with Crippen LogP contribution in [0.5, 0.6) is 0 Å². The minimum atomic E-state index is -0.643. The molecule has 170 valence electrons. The van der Waals surface area contributed by atoms with Crippen molar-refractivity contribution >= 4 is 17.6 Å². The third-order valence-corrected chi connectivity index (χ3v) is 5.25. The molecule has 0 fully saturated rings. The van der Waals surface area contributed by atoms with E-state index in [0.29, 0.717) is 16.8 Å². The van der Waals surface area contributed by atoms with Crippen molar-refractivity contribution in [2.45, 2.75) is 6.92 Å². The lowest BCUT2D eigenvalue weighted by Crippen LogP contribution is -2.31. The molecule has 1 heterocycles. The van der Waals surface area contributed by atoms with Gasteiger partial charge in [-0.15, -0.1) is 0 Å². The Balaban J connectivity index is 1.91. The number of amides is 1. The minimum Gasteiger partial charge on any atom is -0.462 e. The fourth-order valence-electron chi connectivity index (χ4n) is 3.69. The molecule has 7 heteroatoms. The maximum atomic E-state index is 13.6. The summed E-state index contributed by atoms with van der Waals surface area (Å²) >= 11 is 0. The van der Waals surface area contributed by atoms with Crippen LogP contribution in [0, 0.1) is 0 Å². The van der Waals surface area contributed by atoms with Gasteiger partial charge in [0.1, 0.15) is 5.56 Å². The maximum absolute atomic E-state index is 13.6. The number of anilines is 1. The van der Waals surface area contributed by atoms with Crippen LogP contribution in [-0.4, -0.2) is 28.3 Å². The van der Waals surface area contributed by atoms with Gasteiger partial charge in [-0.05, 0) is 24.6 Å². The maximum Gasteiger partial charge on any atom is 0.340 e. The van der Waals surface area contributed by atoms with Crippen molar-refractivity contribution in [3.8, 4) is 22.4 Å². The summed E-state index contributed by atoms with van der Waals surface area (Å²) in [5, 5.41) is 7.23. The van der Waals surface area contributed by atoms with Crippen LogP contribution >= 0.6 is 0 Å². The summed E-state index contributed by atoms with van der Waals surface area (Å²) in [7, 11) is 1.51. The first kappa shape index (κ1) is 22.7. The van der Waals surface area contributed by atoms with Crippen LogP contribution in [-0.2, 0) is 11.8 Å². The van der Waals surface area contributed by atoms with Crippen molar-refractivity contribution < 1.29 is 14.3 Å². The van der Waals surface area contributed by atoms with E-state index in [1.165, 1.54) is 7.05 Å². The van der Waals surface area contributed by atoms with Gasteiger partial charge in [-0.2, -0.15) is 5.10 Å². The Morgan fingerprint density at radius 1 is 0.882 bits per heavy atom. The lowest BCUT2D eigenvalue weighted by atomic mass is 9.95. The number of rotatable bonds is 6. The summed E-state index contributed by atoms with van der Waals surface area (Å²) in [6, 6.07) is 25.1. The Morgan fingerprint density at radius 2 is 1.47 bits per heavy atom. The van der Waals surface area contributed by atoms with Gasteiger partial charge in [0.25, 0.3) is 11.5 Å². The topological polar surface area (TPSA) is 90.3 Å². The molecule has 0 bridgehead atoms. The van der Waals surface area contributed by atoms with E-state index in [0.717, 1.165) is 10.2 Å². The Hall–Kier alpha value is -4.52. The molecule has 0 atom stereocenters. The highest BCUT2D eigenvalue weighted by atomic mass is 16.5. The SMILES string of the molecule is CCOC(=O)c1ccccc1NC(=O)c1c(-c2ccccc2)c(-c2ccccc2)nn(C)c1=O. The molecule has 1 N–H and O–H groups in total. The molecule has 4 aromatic rings. The molecule has 4 rings (SSSR count). The number of esters is 1. The monoisotopic (exact) mass is 453 g/mol. The fourth-order valence-corrected chi connectivity index (χ4v) is 3.69. The molecule has 1 aromatic heterocycles. The standard InChI is InChI=1S/C27H23N3O4/c1-3-34-27(33)20-16-10-11-17-21(20)28-25(31)23-22(18-12-6-4-7-13-18)24(29-30(2)26(23)32)19-14-8-5-9-15-19/h4-17H,3H2,1-2H3,(H,28,31). The highest BCUT2D eigenvalue weighted by molar-refractivity contribution is 6.12. The summed E-state index contributed by atoms with van der Waals surface area (Å²) in [5.41, 5.74) is 2.19. The lowest BCUT2D eigenvalue weighted by molar-refractivity contribution is 0.0527. The van der Waals surface area contributed by atoms with Crippen molar-refractivity contribution in [1.82, 2.24) is 9.78 Å². The first-order valence-electron chi connectivity index (χ1n) is 10.8. The number of hydrogen-bond acceptors (Lipinski definition) is 5. The summed E-state index contributed by atoms with van der Waals surface area (Å²) in [5.74, 6) is -1.20. The molecule has 0 spiro atoms. The Morgan fingerprint density at radius 3 is 2.12 bits per heavy atom. The second-order valence-corrected chi connectivity index (χ2v) is 7.48. The molecule has 0 aliphatic rings. The van der Waals surface area contributed by atoms with Gasteiger partial charge in [0, 0.05) is 18.2 Å². The molecule has 0 saturated heterocycles. The van der Waals surface area contributed by atoms with Gasteiger partial charge < -0.3 is 10.1 Å². The number of ether oxygens (including phenoxy) is 1. The number of carbonyl (C=O) groups is 2. The second-order valence-electron chi connectivity index (χ2n) is 7.48. The van der Waals surface area contributed by atoms with E-state index < -0.39 is 17.4 Å². The summed E-state index contributed by atoms with van der Waals surface area (Å²) < 4.78 is 6.26. The molecule has 34 heavy (non-hydrogen) atoms. The Kier molecular flexibility index (Phi) is 6.64. The fraction of sp³-hybridized carbons (Fsp3) is 0.111. The van der Waals surface area contributed by atoms with Crippen LogP contribution in [0.4, 0.5) is 5.69 Å². The highest BCUT2D eigenvalue weighted by Gasteiger charge is 2.25. The summed E-state index contributed by atoms with van der Waals surface area (Å²) in [4.78, 5) is 39.2. The second kappa shape index (κ2) is 9.95. The predicted molar refractivity (Wildman–Crippen MR) is 131 cm³/mol. The lowest BCUT2D eigenvalue weighted by Gasteiger charge is -2.16.